The first-order valence-electron chi connectivity index (χ1n) is 10.3. The van der Waals surface area contributed by atoms with Crippen LogP contribution in [0.1, 0.15) is 104 Å². The Labute approximate surface area is 150 Å². The second kappa shape index (κ2) is 18.4. The second-order valence-electron chi connectivity index (χ2n) is 6.67. The summed E-state index contributed by atoms with van der Waals surface area (Å²) in [5.74, 6) is 0. The zero-order valence-corrected chi connectivity index (χ0v) is 16.4. The topological polar surface area (TPSA) is 29.5 Å². The van der Waals surface area contributed by atoms with Crippen LogP contribution in [-0.2, 0) is 4.74 Å². The van der Waals surface area contributed by atoms with E-state index in [0.717, 1.165) is 13.0 Å². The third kappa shape index (κ3) is 14.6. The van der Waals surface area contributed by atoms with Crippen molar-refractivity contribution in [2.45, 2.75) is 104 Å². The minimum Gasteiger partial charge on any atom is -0.449 e. The van der Waals surface area contributed by atoms with Crippen LogP contribution < -0.4 is 0 Å². The molecule has 0 atom stereocenters. The van der Waals surface area contributed by atoms with E-state index in [1.807, 2.05) is 6.92 Å². The van der Waals surface area contributed by atoms with Gasteiger partial charge in [-0.3, -0.25) is 4.90 Å². The van der Waals surface area contributed by atoms with Gasteiger partial charge in [-0.05, 0) is 13.3 Å². The Bertz CT molecular complexity index is 292. The molecule has 142 valence electrons. The van der Waals surface area contributed by atoms with Crippen LogP contribution in [0.2, 0.25) is 0 Å². The molecule has 0 fully saturated rings. The lowest BCUT2D eigenvalue weighted by atomic mass is 10.0. The molecule has 0 aliphatic rings. The lowest BCUT2D eigenvalue weighted by Gasteiger charge is -2.16. The first-order valence-corrected chi connectivity index (χ1v) is 10.3. The van der Waals surface area contributed by atoms with Crippen LogP contribution in [0.25, 0.3) is 0 Å². The van der Waals surface area contributed by atoms with Gasteiger partial charge in [0.2, 0.25) is 0 Å². The molecule has 0 spiro atoms. The van der Waals surface area contributed by atoms with Gasteiger partial charge in [0.25, 0.3) is 0 Å². The molecular formula is C21H41NO2. The molecule has 0 saturated carbocycles. The zero-order chi connectivity index (χ0) is 17.9. The van der Waals surface area contributed by atoms with Crippen LogP contribution in [0.5, 0.6) is 0 Å². The SMILES string of the molecule is C=CN(CCCCCCCCCCCCCCCC)C(=O)OCC. The fourth-order valence-corrected chi connectivity index (χ4v) is 2.94. The Balaban J connectivity index is 3.27. The Hall–Kier alpha value is -0.990. The average Bonchev–Trinajstić information content (AvgIpc) is 2.58. The lowest BCUT2D eigenvalue weighted by Crippen LogP contribution is -2.27. The zero-order valence-electron chi connectivity index (χ0n) is 16.4. The van der Waals surface area contributed by atoms with Crippen molar-refractivity contribution in [3.63, 3.8) is 0 Å². The summed E-state index contributed by atoms with van der Waals surface area (Å²) >= 11 is 0. The molecule has 0 aliphatic heterocycles. The molecule has 0 aromatic rings. The Kier molecular flexibility index (Phi) is 17.6. The van der Waals surface area contributed by atoms with Gasteiger partial charge in [-0.25, -0.2) is 4.79 Å². The van der Waals surface area contributed by atoms with Crippen molar-refractivity contribution in [3.05, 3.63) is 12.8 Å². The molecule has 3 heteroatoms. The summed E-state index contributed by atoms with van der Waals surface area (Å²) in [6.45, 7) is 8.91. The lowest BCUT2D eigenvalue weighted by molar-refractivity contribution is 0.122. The summed E-state index contributed by atoms with van der Waals surface area (Å²) in [5.41, 5.74) is 0. The van der Waals surface area contributed by atoms with Crippen molar-refractivity contribution in [2.75, 3.05) is 13.2 Å². The number of ether oxygens (including phenoxy) is 1. The molecule has 0 aliphatic carbocycles. The largest absolute Gasteiger partial charge is 0.449 e. The Morgan fingerprint density at radius 2 is 1.21 bits per heavy atom. The van der Waals surface area contributed by atoms with Crippen molar-refractivity contribution in [1.29, 1.82) is 0 Å². The number of rotatable bonds is 17. The van der Waals surface area contributed by atoms with Gasteiger partial charge >= 0.3 is 6.09 Å². The van der Waals surface area contributed by atoms with Gasteiger partial charge in [0.1, 0.15) is 0 Å². The molecule has 24 heavy (non-hydrogen) atoms. The van der Waals surface area contributed by atoms with Gasteiger partial charge in [0, 0.05) is 12.7 Å². The van der Waals surface area contributed by atoms with E-state index >= 15 is 0 Å². The molecule has 0 aromatic carbocycles. The van der Waals surface area contributed by atoms with E-state index < -0.39 is 0 Å². The smallest absolute Gasteiger partial charge is 0.413 e. The van der Waals surface area contributed by atoms with Crippen LogP contribution in [0.15, 0.2) is 12.8 Å². The first-order chi connectivity index (χ1) is 11.8. The van der Waals surface area contributed by atoms with Crippen LogP contribution in [-0.4, -0.2) is 24.1 Å². The number of unbranched alkanes of at least 4 members (excludes halogenated alkanes) is 13. The molecule has 0 radical (unpaired) electrons. The predicted molar refractivity (Wildman–Crippen MR) is 104 cm³/mol. The first kappa shape index (κ1) is 23.0. The Morgan fingerprint density at radius 3 is 1.58 bits per heavy atom. The molecule has 0 aromatic heterocycles. The van der Waals surface area contributed by atoms with Gasteiger partial charge in [0.15, 0.2) is 0 Å². The maximum Gasteiger partial charge on any atom is 0.413 e. The quantitative estimate of drug-likeness (QED) is 0.265. The average molecular weight is 340 g/mol. The van der Waals surface area contributed by atoms with Gasteiger partial charge < -0.3 is 4.74 Å². The highest BCUT2D eigenvalue weighted by Gasteiger charge is 2.09. The number of amides is 1. The van der Waals surface area contributed by atoms with E-state index in [1.165, 1.54) is 83.5 Å². The predicted octanol–water partition coefficient (Wildman–Crippen LogP) is 7.07. The van der Waals surface area contributed by atoms with E-state index in [4.69, 9.17) is 4.74 Å². The van der Waals surface area contributed by atoms with Gasteiger partial charge in [-0.15, -0.1) is 0 Å². The highest BCUT2D eigenvalue weighted by molar-refractivity contribution is 5.68. The Morgan fingerprint density at radius 1 is 0.792 bits per heavy atom. The molecular weight excluding hydrogens is 298 g/mol. The molecule has 0 unspecified atom stereocenters. The third-order valence-corrected chi connectivity index (χ3v) is 4.48. The molecule has 0 heterocycles. The summed E-state index contributed by atoms with van der Waals surface area (Å²) in [6, 6.07) is 0. The third-order valence-electron chi connectivity index (χ3n) is 4.48. The fourth-order valence-electron chi connectivity index (χ4n) is 2.94. The highest BCUT2D eigenvalue weighted by atomic mass is 16.6. The van der Waals surface area contributed by atoms with E-state index in [2.05, 4.69) is 13.5 Å². The van der Waals surface area contributed by atoms with Crippen LogP contribution in [0.4, 0.5) is 4.79 Å². The molecule has 1 amide bonds. The molecule has 0 rings (SSSR count). The van der Waals surface area contributed by atoms with Crippen LogP contribution in [0, 0.1) is 0 Å². The summed E-state index contributed by atoms with van der Waals surface area (Å²) < 4.78 is 4.98. The fraction of sp³-hybridized carbons (Fsp3) is 0.857. The number of hydrogen-bond donors (Lipinski definition) is 0. The van der Waals surface area contributed by atoms with Crippen molar-refractivity contribution >= 4 is 6.09 Å². The minimum atomic E-state index is -0.276. The highest BCUT2D eigenvalue weighted by Crippen LogP contribution is 2.13. The van der Waals surface area contributed by atoms with Gasteiger partial charge in [0.05, 0.1) is 6.61 Å². The summed E-state index contributed by atoms with van der Waals surface area (Å²) in [4.78, 5) is 13.1. The number of carbonyl (C=O) groups is 1. The van der Waals surface area contributed by atoms with E-state index in [1.54, 1.807) is 11.1 Å². The number of nitrogens with zero attached hydrogens (tertiary/aromatic N) is 1. The van der Waals surface area contributed by atoms with Crippen molar-refractivity contribution in [2.24, 2.45) is 0 Å². The van der Waals surface area contributed by atoms with Crippen LogP contribution in [0.3, 0.4) is 0 Å². The summed E-state index contributed by atoms with van der Waals surface area (Å²) in [6.07, 6.45) is 20.1. The van der Waals surface area contributed by atoms with E-state index in [9.17, 15) is 4.79 Å². The van der Waals surface area contributed by atoms with Crippen molar-refractivity contribution < 1.29 is 9.53 Å². The van der Waals surface area contributed by atoms with Gasteiger partial charge in [-0.1, -0.05) is 97.0 Å². The van der Waals surface area contributed by atoms with E-state index in [-0.39, 0.29) is 6.09 Å². The van der Waals surface area contributed by atoms with Crippen molar-refractivity contribution in [1.82, 2.24) is 4.90 Å². The summed E-state index contributed by atoms with van der Waals surface area (Å²) in [7, 11) is 0. The maximum atomic E-state index is 11.6. The van der Waals surface area contributed by atoms with Crippen molar-refractivity contribution in [3.8, 4) is 0 Å². The molecule has 0 N–H and O–H groups in total. The maximum absolute atomic E-state index is 11.6. The minimum absolute atomic E-state index is 0.276. The molecule has 3 nitrogen and oxygen atoms in total. The standard InChI is InChI=1S/C21H41NO2/c1-4-7-8-9-10-11-12-13-14-15-16-17-18-19-20-22(5-2)21(23)24-6-3/h5H,2,4,6-20H2,1,3H3. The molecule has 0 bridgehead atoms. The monoisotopic (exact) mass is 339 g/mol. The number of hydrogen-bond acceptors (Lipinski definition) is 2. The molecule has 0 saturated heterocycles. The van der Waals surface area contributed by atoms with E-state index in [0.29, 0.717) is 6.61 Å². The summed E-state index contributed by atoms with van der Waals surface area (Å²) in [5, 5.41) is 0. The normalized spacial score (nSPS) is 10.6. The number of carbonyl (C=O) groups excluding carboxylic acids is 1. The van der Waals surface area contributed by atoms with Gasteiger partial charge in [-0.2, -0.15) is 0 Å². The second-order valence-corrected chi connectivity index (χ2v) is 6.67. The van der Waals surface area contributed by atoms with Crippen LogP contribution >= 0.6 is 0 Å².